The molecule has 2 aliphatic rings. The highest BCUT2D eigenvalue weighted by Crippen LogP contribution is 2.63. The standard InChI is InChI=1S/C58H35N3S/c1-2-15-36(16-3-1)37-17-12-19-39(33-37)55-59-56(40-20-13-18-38(34-40)42-25-14-26-48-47-24-7-11-30-53(47)62-54(42)48)61-57(60-55)41-31-32-46-45-23-6-10-29-51(45)58(52(46)35-41)49-27-8-4-21-43(49)44-22-5-9-28-50(44)58/h1-35H. The Balaban J connectivity index is 1.02. The second-order valence-electron chi connectivity index (χ2n) is 16.3. The fourth-order valence-electron chi connectivity index (χ4n) is 10.3. The number of thiophene rings is 1. The molecule has 2 heterocycles. The van der Waals surface area contributed by atoms with Crippen molar-refractivity contribution in [3.8, 4) is 78.7 Å². The van der Waals surface area contributed by atoms with Crippen molar-refractivity contribution in [2.45, 2.75) is 5.41 Å². The summed E-state index contributed by atoms with van der Waals surface area (Å²) >= 11 is 1.85. The molecule has 4 heteroatoms. The van der Waals surface area contributed by atoms with Crippen LogP contribution in [0.3, 0.4) is 0 Å². The third-order valence-electron chi connectivity index (χ3n) is 13.0. The Kier molecular flexibility index (Phi) is 7.69. The molecular formula is C58H35N3S. The van der Waals surface area contributed by atoms with Crippen LogP contribution in [-0.4, -0.2) is 15.0 Å². The number of nitrogens with zero attached hydrogens (tertiary/aromatic N) is 3. The molecule has 288 valence electrons. The normalized spacial score (nSPS) is 13.0. The van der Waals surface area contributed by atoms with E-state index in [0.29, 0.717) is 17.5 Å². The lowest BCUT2D eigenvalue weighted by Gasteiger charge is -2.30. The first kappa shape index (κ1) is 35.0. The minimum absolute atomic E-state index is 0.472. The zero-order chi connectivity index (χ0) is 40.8. The summed E-state index contributed by atoms with van der Waals surface area (Å²) in [5.41, 5.74) is 17.2. The molecule has 0 aliphatic heterocycles. The largest absolute Gasteiger partial charge is 0.208 e. The Bertz CT molecular complexity index is 3540. The van der Waals surface area contributed by atoms with Crippen LogP contribution in [0.15, 0.2) is 212 Å². The first-order valence-corrected chi connectivity index (χ1v) is 21.9. The van der Waals surface area contributed by atoms with E-state index < -0.39 is 5.41 Å². The first-order valence-electron chi connectivity index (χ1n) is 21.1. The Hall–Kier alpha value is -7.79. The van der Waals surface area contributed by atoms with Gasteiger partial charge in [-0.3, -0.25) is 0 Å². The van der Waals surface area contributed by atoms with E-state index in [2.05, 4.69) is 212 Å². The number of aromatic nitrogens is 3. The van der Waals surface area contributed by atoms with Crippen LogP contribution in [0, 0.1) is 0 Å². The van der Waals surface area contributed by atoms with Gasteiger partial charge in [-0.15, -0.1) is 11.3 Å². The molecule has 0 saturated carbocycles. The van der Waals surface area contributed by atoms with Gasteiger partial charge in [-0.05, 0) is 91.0 Å². The van der Waals surface area contributed by atoms with Crippen LogP contribution in [0.25, 0.3) is 98.8 Å². The van der Waals surface area contributed by atoms with Gasteiger partial charge in [0.25, 0.3) is 0 Å². The van der Waals surface area contributed by atoms with Gasteiger partial charge in [0, 0.05) is 36.9 Å². The third-order valence-corrected chi connectivity index (χ3v) is 14.2. The molecule has 62 heavy (non-hydrogen) atoms. The summed E-state index contributed by atoms with van der Waals surface area (Å²) in [4.78, 5) is 16.0. The summed E-state index contributed by atoms with van der Waals surface area (Å²) in [6.45, 7) is 0. The monoisotopic (exact) mass is 805 g/mol. The van der Waals surface area contributed by atoms with Crippen LogP contribution in [0.2, 0.25) is 0 Å². The van der Waals surface area contributed by atoms with Crippen molar-refractivity contribution < 1.29 is 0 Å². The van der Waals surface area contributed by atoms with E-state index in [1.165, 1.54) is 70.2 Å². The van der Waals surface area contributed by atoms with E-state index in [-0.39, 0.29) is 0 Å². The van der Waals surface area contributed by atoms with Crippen molar-refractivity contribution in [1.29, 1.82) is 0 Å². The molecule has 0 saturated heterocycles. The summed E-state index contributed by atoms with van der Waals surface area (Å²) in [5, 5.41) is 2.57. The summed E-state index contributed by atoms with van der Waals surface area (Å²) in [6, 6.07) is 76.7. The maximum Gasteiger partial charge on any atom is 0.164 e. The van der Waals surface area contributed by atoms with Gasteiger partial charge in [0.1, 0.15) is 0 Å². The third kappa shape index (κ3) is 5.14. The van der Waals surface area contributed by atoms with Crippen molar-refractivity contribution in [2.24, 2.45) is 0 Å². The highest BCUT2D eigenvalue weighted by atomic mass is 32.1. The number of hydrogen-bond acceptors (Lipinski definition) is 4. The number of rotatable bonds is 5. The van der Waals surface area contributed by atoms with Crippen molar-refractivity contribution >= 4 is 31.5 Å². The van der Waals surface area contributed by atoms with Crippen molar-refractivity contribution in [3.05, 3.63) is 235 Å². The molecule has 0 amide bonds. The minimum Gasteiger partial charge on any atom is -0.208 e. The average Bonchev–Trinajstić information content (AvgIpc) is 3.98. The second kappa shape index (κ2) is 13.6. The van der Waals surface area contributed by atoms with E-state index in [9.17, 15) is 0 Å². The molecule has 2 aliphatic carbocycles. The van der Waals surface area contributed by atoms with Crippen LogP contribution >= 0.6 is 11.3 Å². The number of fused-ring (bicyclic) bond motifs is 13. The molecule has 0 fully saturated rings. The maximum atomic E-state index is 5.37. The van der Waals surface area contributed by atoms with Gasteiger partial charge in [-0.2, -0.15) is 0 Å². The van der Waals surface area contributed by atoms with E-state index in [1.807, 2.05) is 11.3 Å². The van der Waals surface area contributed by atoms with Gasteiger partial charge < -0.3 is 0 Å². The predicted molar refractivity (Wildman–Crippen MR) is 256 cm³/mol. The fourth-order valence-corrected chi connectivity index (χ4v) is 11.5. The highest BCUT2D eigenvalue weighted by molar-refractivity contribution is 7.26. The fraction of sp³-hybridized carbons (Fsp3) is 0.0172. The van der Waals surface area contributed by atoms with E-state index in [1.54, 1.807) is 0 Å². The zero-order valence-corrected chi connectivity index (χ0v) is 34.3. The molecular weight excluding hydrogens is 771 g/mol. The second-order valence-corrected chi connectivity index (χ2v) is 17.3. The number of benzene rings is 9. The Morgan fingerprint density at radius 2 is 0.742 bits per heavy atom. The first-order chi connectivity index (χ1) is 30.7. The van der Waals surface area contributed by atoms with Crippen LogP contribution < -0.4 is 0 Å². The van der Waals surface area contributed by atoms with Crippen LogP contribution in [0.5, 0.6) is 0 Å². The Morgan fingerprint density at radius 3 is 1.40 bits per heavy atom. The topological polar surface area (TPSA) is 38.7 Å². The molecule has 3 nitrogen and oxygen atoms in total. The van der Waals surface area contributed by atoms with Crippen LogP contribution in [-0.2, 0) is 5.41 Å². The predicted octanol–water partition coefficient (Wildman–Crippen LogP) is 14.9. The molecule has 0 radical (unpaired) electrons. The molecule has 1 spiro atoms. The lowest BCUT2D eigenvalue weighted by Crippen LogP contribution is -2.25. The van der Waals surface area contributed by atoms with Crippen LogP contribution in [0.4, 0.5) is 0 Å². The molecule has 11 aromatic rings. The van der Waals surface area contributed by atoms with E-state index >= 15 is 0 Å². The van der Waals surface area contributed by atoms with Gasteiger partial charge in [0.2, 0.25) is 0 Å². The Morgan fingerprint density at radius 1 is 0.290 bits per heavy atom. The minimum atomic E-state index is -0.472. The average molecular weight is 806 g/mol. The molecule has 2 aromatic heterocycles. The molecule has 0 unspecified atom stereocenters. The lowest BCUT2D eigenvalue weighted by atomic mass is 9.70. The summed E-state index contributed by atoms with van der Waals surface area (Å²) < 4.78 is 2.57. The highest BCUT2D eigenvalue weighted by Gasteiger charge is 2.51. The Labute approximate surface area is 363 Å². The van der Waals surface area contributed by atoms with Crippen molar-refractivity contribution in [2.75, 3.05) is 0 Å². The van der Waals surface area contributed by atoms with Gasteiger partial charge in [0.05, 0.1) is 5.41 Å². The van der Waals surface area contributed by atoms with Gasteiger partial charge in [0.15, 0.2) is 17.5 Å². The molecule has 0 N–H and O–H groups in total. The van der Waals surface area contributed by atoms with Crippen molar-refractivity contribution in [3.63, 3.8) is 0 Å². The molecule has 0 bridgehead atoms. The maximum absolute atomic E-state index is 5.37. The van der Waals surface area contributed by atoms with Crippen LogP contribution in [0.1, 0.15) is 22.3 Å². The quantitative estimate of drug-likeness (QED) is 0.174. The number of hydrogen-bond donors (Lipinski definition) is 0. The summed E-state index contributed by atoms with van der Waals surface area (Å²) in [5.74, 6) is 1.91. The van der Waals surface area contributed by atoms with Gasteiger partial charge in [-0.1, -0.05) is 188 Å². The smallest absolute Gasteiger partial charge is 0.164 e. The van der Waals surface area contributed by atoms with Gasteiger partial charge in [-0.25, -0.2) is 15.0 Å². The van der Waals surface area contributed by atoms with Gasteiger partial charge >= 0.3 is 0 Å². The lowest BCUT2D eigenvalue weighted by molar-refractivity contribution is 0.794. The molecule has 13 rings (SSSR count). The molecule has 0 atom stereocenters. The summed E-state index contributed by atoms with van der Waals surface area (Å²) in [6.07, 6.45) is 0. The zero-order valence-electron chi connectivity index (χ0n) is 33.5. The van der Waals surface area contributed by atoms with Crippen molar-refractivity contribution in [1.82, 2.24) is 15.0 Å². The van der Waals surface area contributed by atoms with E-state index in [4.69, 9.17) is 15.0 Å². The SMILES string of the molecule is c1ccc(-c2cccc(-c3nc(-c4cccc(-c5cccc6c5sc5ccccc56)c4)nc(-c4ccc5c(c4)C4(c6ccccc6-c6ccccc64)c4ccccc4-5)n3)c2)cc1. The molecule has 9 aromatic carbocycles. The summed E-state index contributed by atoms with van der Waals surface area (Å²) in [7, 11) is 0. The van der Waals surface area contributed by atoms with E-state index in [0.717, 1.165) is 33.4 Å².